The van der Waals surface area contributed by atoms with E-state index in [1.54, 1.807) is 16.8 Å². The molecule has 0 radical (unpaired) electrons. The van der Waals surface area contributed by atoms with Crippen LogP contribution in [0.5, 0.6) is 0 Å². The van der Waals surface area contributed by atoms with E-state index in [0.29, 0.717) is 52.4 Å². The third-order valence-corrected chi connectivity index (χ3v) is 12.0. The summed E-state index contributed by atoms with van der Waals surface area (Å²) in [5.41, 5.74) is 0.111. The van der Waals surface area contributed by atoms with Crippen LogP contribution in [-0.2, 0) is 10.9 Å². The van der Waals surface area contributed by atoms with Crippen LogP contribution in [0.25, 0.3) is 11.1 Å². The lowest BCUT2D eigenvalue weighted by atomic mass is 9.90. The number of halogens is 4. The van der Waals surface area contributed by atoms with E-state index in [1.165, 1.54) is 42.1 Å². The first-order valence-electron chi connectivity index (χ1n) is 16.9. The van der Waals surface area contributed by atoms with Crippen LogP contribution in [0.2, 0.25) is 0 Å². The summed E-state index contributed by atoms with van der Waals surface area (Å²) in [5.74, 6) is 1.53. The Morgan fingerprint density at radius 1 is 1.12 bits per heavy atom. The first-order chi connectivity index (χ1) is 23.0. The summed E-state index contributed by atoms with van der Waals surface area (Å²) in [5, 5.41) is 3.34. The van der Waals surface area contributed by atoms with Crippen molar-refractivity contribution in [3.05, 3.63) is 59.7 Å². The van der Waals surface area contributed by atoms with Gasteiger partial charge in [-0.05, 0) is 84.0 Å². The van der Waals surface area contributed by atoms with Gasteiger partial charge < -0.3 is 19.9 Å². The molecule has 0 spiro atoms. The van der Waals surface area contributed by atoms with E-state index in [0.717, 1.165) is 25.2 Å². The maximum Gasteiger partial charge on any atom is 0.417 e. The molecule has 4 heterocycles. The summed E-state index contributed by atoms with van der Waals surface area (Å²) in [6.07, 6.45) is -2.26. The molecular formula is C36H48F4N5O2S2+. The second-order valence-corrected chi connectivity index (χ2v) is 15.9. The molecule has 268 valence electrons. The molecular weight excluding hydrogens is 675 g/mol. The quantitative estimate of drug-likeness (QED) is 0.194. The van der Waals surface area contributed by atoms with Crippen molar-refractivity contribution < 1.29 is 27.1 Å². The summed E-state index contributed by atoms with van der Waals surface area (Å²) < 4.78 is 65.3. The number of piperazine rings is 1. The molecule has 1 unspecified atom stereocenters. The molecule has 0 saturated carbocycles. The van der Waals surface area contributed by atoms with E-state index in [1.807, 2.05) is 59.6 Å². The number of quaternary nitrogens is 1. The Bertz CT molecular complexity index is 1610. The van der Waals surface area contributed by atoms with Crippen LogP contribution in [0.4, 0.5) is 28.0 Å². The van der Waals surface area contributed by atoms with Gasteiger partial charge in [-0.2, -0.15) is 22.1 Å². The van der Waals surface area contributed by atoms with Gasteiger partial charge in [-0.15, -0.1) is 11.8 Å². The average Bonchev–Trinajstić information content (AvgIpc) is 3.01. The number of amides is 1. The van der Waals surface area contributed by atoms with Gasteiger partial charge >= 0.3 is 12.3 Å². The minimum absolute atomic E-state index is 0.0318. The smallest absolute Gasteiger partial charge is 0.417 e. The number of hydrogen-bond donors (Lipinski definition) is 1. The summed E-state index contributed by atoms with van der Waals surface area (Å²) in [7, 11) is 0. The van der Waals surface area contributed by atoms with Crippen LogP contribution in [0.1, 0.15) is 66.0 Å². The summed E-state index contributed by atoms with van der Waals surface area (Å²) in [6, 6.07) is 5.99. The number of ether oxygens (including phenoxy) is 1. The fraction of sp³-hybridized carbons (Fsp3) is 0.556. The van der Waals surface area contributed by atoms with Crippen molar-refractivity contribution in [2.75, 3.05) is 38.2 Å². The number of hydrogen-bond acceptors (Lipinski definition) is 7. The molecule has 1 N–H and O–H groups in total. The first kappa shape index (κ1) is 37.5. The third-order valence-electron chi connectivity index (χ3n) is 9.46. The number of carbonyl (C=O) groups is 1. The molecule has 4 aliphatic heterocycles. The normalized spacial score (nSPS) is 25.5. The lowest BCUT2D eigenvalue weighted by Crippen LogP contribution is -2.62. The first-order valence-corrected chi connectivity index (χ1v) is 19.1. The SMILES string of the molecule is C=C1N=C(N2C[C@@H](C)N(C(=O)OC(C)(C)C)C[C@@H]2C)c2cc(C(F)(F)F)c(-c3ccc(F)cc3)c3c2[N+]1(SC)[C@@H](CC1CNC1)CS3.CC. The van der Waals surface area contributed by atoms with Crippen molar-refractivity contribution in [2.45, 2.75) is 89.7 Å². The van der Waals surface area contributed by atoms with Gasteiger partial charge in [-0.3, -0.25) is 0 Å². The van der Waals surface area contributed by atoms with Crippen molar-refractivity contribution in [1.29, 1.82) is 0 Å². The highest BCUT2D eigenvalue weighted by atomic mass is 32.2. The van der Waals surface area contributed by atoms with Gasteiger partial charge in [0.1, 0.15) is 23.3 Å². The third kappa shape index (κ3) is 6.97. The second-order valence-electron chi connectivity index (χ2n) is 13.9. The molecule has 2 aromatic carbocycles. The second kappa shape index (κ2) is 14.1. The summed E-state index contributed by atoms with van der Waals surface area (Å²) >= 11 is 2.99. The number of nitrogens with one attached hydrogen (secondary N) is 1. The molecule has 6 rings (SSSR count). The molecule has 1 amide bonds. The Morgan fingerprint density at radius 2 is 1.78 bits per heavy atom. The van der Waals surface area contributed by atoms with Crippen molar-refractivity contribution in [3.63, 3.8) is 0 Å². The number of benzene rings is 2. The topological polar surface area (TPSA) is 57.2 Å². The number of nitrogens with zero attached hydrogens (tertiary/aromatic N) is 4. The van der Waals surface area contributed by atoms with Crippen LogP contribution in [-0.4, -0.2) is 83.6 Å². The van der Waals surface area contributed by atoms with E-state index in [4.69, 9.17) is 9.73 Å². The largest absolute Gasteiger partial charge is 0.444 e. The van der Waals surface area contributed by atoms with Gasteiger partial charge in [-0.25, -0.2) is 9.18 Å². The molecule has 0 bridgehead atoms. The van der Waals surface area contributed by atoms with E-state index in [9.17, 15) is 9.18 Å². The number of alkyl halides is 3. The lowest BCUT2D eigenvalue weighted by Gasteiger charge is -2.51. The van der Waals surface area contributed by atoms with E-state index < -0.39 is 29.3 Å². The number of carbonyl (C=O) groups excluding carboxylic acids is 1. The van der Waals surface area contributed by atoms with Crippen LogP contribution in [0.15, 0.2) is 52.6 Å². The zero-order chi connectivity index (χ0) is 36.1. The maximum absolute atomic E-state index is 15.1. The van der Waals surface area contributed by atoms with Gasteiger partial charge in [0.05, 0.1) is 33.7 Å². The predicted octanol–water partition coefficient (Wildman–Crippen LogP) is 8.77. The Hall–Kier alpha value is -2.74. The molecule has 2 fully saturated rings. The van der Waals surface area contributed by atoms with E-state index in [2.05, 4.69) is 11.9 Å². The zero-order valence-corrected chi connectivity index (χ0v) is 31.2. The van der Waals surface area contributed by atoms with Gasteiger partial charge in [-0.1, -0.05) is 26.0 Å². The molecule has 13 heteroatoms. The summed E-state index contributed by atoms with van der Waals surface area (Å²) in [4.78, 5) is 22.4. The van der Waals surface area contributed by atoms with Gasteiger partial charge in [0.2, 0.25) is 5.82 Å². The Kier molecular flexibility index (Phi) is 10.8. The highest BCUT2D eigenvalue weighted by molar-refractivity contribution is 8.00. The fourth-order valence-corrected chi connectivity index (χ4v) is 9.87. The highest BCUT2D eigenvalue weighted by Crippen LogP contribution is 2.59. The monoisotopic (exact) mass is 722 g/mol. The van der Waals surface area contributed by atoms with Gasteiger partial charge in [0.15, 0.2) is 5.69 Å². The van der Waals surface area contributed by atoms with E-state index >= 15 is 13.2 Å². The molecule has 4 aliphatic rings. The molecule has 0 aromatic heterocycles. The number of aliphatic imine (C=N–C) groups is 1. The van der Waals surface area contributed by atoms with Crippen molar-refractivity contribution in [1.82, 2.24) is 19.0 Å². The van der Waals surface area contributed by atoms with E-state index in [-0.39, 0.29) is 27.6 Å². The van der Waals surface area contributed by atoms with Crippen LogP contribution in [0, 0.1) is 11.7 Å². The van der Waals surface area contributed by atoms with Gasteiger partial charge in [0.25, 0.3) is 0 Å². The fourth-order valence-electron chi connectivity index (χ4n) is 7.16. The molecule has 4 atom stereocenters. The standard InChI is InChI=1S/C34H42F4N5O2S2.C2H6/c1-19-17-42(32(44)45-33(4,5)6)20(2)16-41(19)31-26-13-27(34(36,37)38)28(23-8-10-24(35)11-9-23)30-29(26)43(46-7,21(3)40-31)25(18-47-30)12-22-14-39-15-22;1-2/h8-11,13,19-20,22,25,39H,3,12,14-18H2,1-2,4-7H3;1-2H3/q+1;/t19-,20+,25-,43?;/m0./s1. The minimum atomic E-state index is -4.69. The summed E-state index contributed by atoms with van der Waals surface area (Å²) in [6.45, 7) is 20.3. The van der Waals surface area contributed by atoms with Crippen LogP contribution < -0.4 is 9.21 Å². The van der Waals surface area contributed by atoms with Crippen molar-refractivity contribution in [2.24, 2.45) is 10.9 Å². The molecule has 0 aliphatic carbocycles. The number of amidine groups is 1. The Morgan fingerprint density at radius 3 is 2.33 bits per heavy atom. The molecule has 2 aromatic rings. The van der Waals surface area contributed by atoms with Crippen LogP contribution in [0.3, 0.4) is 0 Å². The molecule has 7 nitrogen and oxygen atoms in total. The predicted molar refractivity (Wildman–Crippen MR) is 193 cm³/mol. The zero-order valence-electron chi connectivity index (χ0n) is 29.6. The molecule has 2 saturated heterocycles. The van der Waals surface area contributed by atoms with Gasteiger partial charge in [0, 0.05) is 43.4 Å². The minimum Gasteiger partial charge on any atom is -0.444 e. The van der Waals surface area contributed by atoms with Crippen molar-refractivity contribution >= 4 is 41.3 Å². The maximum atomic E-state index is 15.1. The lowest BCUT2D eigenvalue weighted by molar-refractivity contribution is -0.137. The number of thioether (sulfide) groups is 1. The van der Waals surface area contributed by atoms with Crippen LogP contribution >= 0.6 is 23.7 Å². The highest BCUT2D eigenvalue weighted by Gasteiger charge is 2.56. The average molecular weight is 723 g/mol. The molecule has 49 heavy (non-hydrogen) atoms. The number of rotatable bonds is 4. The van der Waals surface area contributed by atoms with Crippen molar-refractivity contribution in [3.8, 4) is 11.1 Å². The Labute approximate surface area is 296 Å². The Balaban J connectivity index is 0.00000230.